The highest BCUT2D eigenvalue weighted by atomic mass is 19.1. The van der Waals surface area contributed by atoms with Crippen LogP contribution in [0.4, 0.5) is 4.39 Å². The van der Waals surface area contributed by atoms with Crippen LogP contribution in [0.25, 0.3) is 22.0 Å². The molecule has 40 heavy (non-hydrogen) atoms. The summed E-state index contributed by atoms with van der Waals surface area (Å²) < 4.78 is 25.3. The Kier molecular flexibility index (Phi) is 7.68. The van der Waals surface area contributed by atoms with E-state index >= 15 is 0 Å². The number of nitrogens with zero attached hydrogens (tertiary/aromatic N) is 1. The number of carbonyl (C=O) groups is 2. The summed E-state index contributed by atoms with van der Waals surface area (Å²) >= 11 is 0. The number of hydrogen-bond acceptors (Lipinski definition) is 5. The summed E-state index contributed by atoms with van der Waals surface area (Å²) in [4.78, 5) is 28.8. The van der Waals surface area contributed by atoms with Crippen LogP contribution in [0.2, 0.25) is 0 Å². The summed E-state index contributed by atoms with van der Waals surface area (Å²) in [5, 5.41) is 4.70. The van der Waals surface area contributed by atoms with Gasteiger partial charge in [0.2, 0.25) is 0 Å². The topological polar surface area (TPSA) is 92.8 Å². The van der Waals surface area contributed by atoms with E-state index in [1.165, 1.54) is 18.3 Å². The molecule has 4 aromatic carbocycles. The number of carbonyl (C=O) groups excluding carboxylic acids is 2. The number of rotatable bonds is 8. The summed E-state index contributed by atoms with van der Waals surface area (Å²) in [5.41, 5.74) is 6.86. The summed E-state index contributed by atoms with van der Waals surface area (Å²) in [6, 6.07) is 25.7. The Balaban J connectivity index is 1.35. The van der Waals surface area contributed by atoms with Crippen molar-refractivity contribution in [3.63, 3.8) is 0 Å². The first-order valence-electron chi connectivity index (χ1n) is 12.7. The van der Waals surface area contributed by atoms with Crippen LogP contribution in [0.15, 0.2) is 96.1 Å². The van der Waals surface area contributed by atoms with Crippen molar-refractivity contribution in [2.75, 3.05) is 6.61 Å². The van der Waals surface area contributed by atoms with E-state index in [9.17, 15) is 14.0 Å². The van der Waals surface area contributed by atoms with Crippen LogP contribution in [-0.4, -0.2) is 29.7 Å². The Morgan fingerprint density at radius 3 is 2.48 bits per heavy atom. The van der Waals surface area contributed by atoms with Crippen molar-refractivity contribution in [1.29, 1.82) is 0 Å². The molecule has 1 aromatic heterocycles. The molecule has 1 amide bonds. The van der Waals surface area contributed by atoms with Crippen LogP contribution in [0.1, 0.15) is 38.9 Å². The zero-order chi connectivity index (χ0) is 28.1. The number of esters is 1. The first-order valence-corrected chi connectivity index (χ1v) is 12.7. The standard InChI is InChI=1S/C32H26FN3O4/c1-3-39-28-17-21(11-16-27(28)40-32(38)23-12-9-20(2)10-13-23)19-34-36-31(37)30-29(22-7-5-4-6-8-22)25-18-24(33)14-15-26(25)35-30/h4-19,35H,3H2,1-2H3,(H,36,37). The number of benzene rings is 4. The van der Waals surface area contributed by atoms with E-state index in [-0.39, 0.29) is 11.4 Å². The lowest BCUT2D eigenvalue weighted by Crippen LogP contribution is -2.18. The van der Waals surface area contributed by atoms with Crippen LogP contribution in [0.3, 0.4) is 0 Å². The molecule has 5 rings (SSSR count). The second-order valence-electron chi connectivity index (χ2n) is 9.02. The van der Waals surface area contributed by atoms with Crippen molar-refractivity contribution in [2.45, 2.75) is 13.8 Å². The Labute approximate surface area is 230 Å². The third kappa shape index (κ3) is 5.76. The quantitative estimate of drug-likeness (QED) is 0.101. The third-order valence-corrected chi connectivity index (χ3v) is 6.19. The van der Waals surface area contributed by atoms with E-state index in [1.54, 1.807) is 36.4 Å². The number of aromatic amines is 1. The average Bonchev–Trinajstić information content (AvgIpc) is 3.34. The molecule has 0 bridgehead atoms. The summed E-state index contributed by atoms with van der Waals surface area (Å²) in [5.74, 6) is -0.747. The highest BCUT2D eigenvalue weighted by Crippen LogP contribution is 2.33. The van der Waals surface area contributed by atoms with Gasteiger partial charge in [0, 0.05) is 16.5 Å². The SMILES string of the molecule is CCOc1cc(C=NNC(=O)c2[nH]c3ccc(F)cc3c2-c2ccccc2)ccc1OC(=O)c1ccc(C)cc1. The molecule has 0 saturated carbocycles. The average molecular weight is 536 g/mol. The van der Waals surface area contributed by atoms with Crippen molar-refractivity contribution in [1.82, 2.24) is 10.4 Å². The molecule has 0 aliphatic rings. The number of hydrogen-bond donors (Lipinski definition) is 2. The highest BCUT2D eigenvalue weighted by molar-refractivity contribution is 6.09. The molecule has 0 unspecified atom stereocenters. The molecule has 0 saturated heterocycles. The number of fused-ring (bicyclic) bond motifs is 1. The zero-order valence-electron chi connectivity index (χ0n) is 21.9. The van der Waals surface area contributed by atoms with Crippen molar-refractivity contribution < 1.29 is 23.5 Å². The molecule has 7 nitrogen and oxygen atoms in total. The fourth-order valence-corrected chi connectivity index (χ4v) is 4.27. The van der Waals surface area contributed by atoms with E-state index in [2.05, 4.69) is 15.5 Å². The van der Waals surface area contributed by atoms with Crippen molar-refractivity contribution in [3.8, 4) is 22.6 Å². The molecule has 200 valence electrons. The van der Waals surface area contributed by atoms with E-state index < -0.39 is 17.7 Å². The molecule has 0 aliphatic carbocycles. The Hall–Kier alpha value is -5.24. The number of ether oxygens (including phenoxy) is 2. The van der Waals surface area contributed by atoms with Gasteiger partial charge in [0.05, 0.1) is 18.4 Å². The molecular formula is C32H26FN3O4. The lowest BCUT2D eigenvalue weighted by atomic mass is 10.0. The van der Waals surface area contributed by atoms with Gasteiger partial charge >= 0.3 is 5.97 Å². The maximum atomic E-state index is 14.0. The number of hydrazone groups is 1. The Bertz CT molecular complexity index is 1710. The van der Waals surface area contributed by atoms with Crippen LogP contribution in [0, 0.1) is 12.7 Å². The minimum Gasteiger partial charge on any atom is -0.490 e. The maximum Gasteiger partial charge on any atom is 0.343 e. The molecule has 0 fully saturated rings. The minimum absolute atomic E-state index is 0.261. The van der Waals surface area contributed by atoms with E-state index in [4.69, 9.17) is 9.47 Å². The predicted molar refractivity (Wildman–Crippen MR) is 153 cm³/mol. The first-order chi connectivity index (χ1) is 19.4. The van der Waals surface area contributed by atoms with Crippen molar-refractivity contribution in [2.24, 2.45) is 5.10 Å². The minimum atomic E-state index is -0.498. The Morgan fingerprint density at radius 1 is 0.950 bits per heavy atom. The first kappa shape index (κ1) is 26.4. The van der Waals surface area contributed by atoms with Crippen LogP contribution in [-0.2, 0) is 0 Å². The molecule has 2 N–H and O–H groups in total. The Morgan fingerprint density at radius 2 is 1.73 bits per heavy atom. The zero-order valence-corrected chi connectivity index (χ0v) is 21.9. The molecule has 8 heteroatoms. The predicted octanol–water partition coefficient (Wildman–Crippen LogP) is 6.66. The highest BCUT2D eigenvalue weighted by Gasteiger charge is 2.19. The number of amides is 1. The number of aromatic nitrogens is 1. The fourth-order valence-electron chi connectivity index (χ4n) is 4.27. The number of H-pyrrole nitrogens is 1. The summed E-state index contributed by atoms with van der Waals surface area (Å²) in [7, 11) is 0. The van der Waals surface area contributed by atoms with Gasteiger partial charge in [0.1, 0.15) is 11.5 Å². The molecule has 5 aromatic rings. The fraction of sp³-hybridized carbons (Fsp3) is 0.0938. The van der Waals surface area contributed by atoms with Gasteiger partial charge in [0.15, 0.2) is 11.5 Å². The van der Waals surface area contributed by atoms with Gasteiger partial charge in [-0.3, -0.25) is 4.79 Å². The van der Waals surface area contributed by atoms with Gasteiger partial charge in [0.25, 0.3) is 5.91 Å². The number of halogens is 1. The van der Waals surface area contributed by atoms with Gasteiger partial charge < -0.3 is 14.5 Å². The second kappa shape index (κ2) is 11.7. The van der Waals surface area contributed by atoms with Gasteiger partial charge in [-0.2, -0.15) is 5.10 Å². The molecule has 0 spiro atoms. The lowest BCUT2D eigenvalue weighted by Gasteiger charge is -2.11. The second-order valence-corrected chi connectivity index (χ2v) is 9.02. The molecule has 0 atom stereocenters. The normalized spacial score (nSPS) is 11.1. The lowest BCUT2D eigenvalue weighted by molar-refractivity contribution is 0.0728. The monoisotopic (exact) mass is 535 g/mol. The van der Waals surface area contributed by atoms with Gasteiger partial charge in [-0.15, -0.1) is 0 Å². The molecule has 0 aliphatic heterocycles. The molecule has 1 heterocycles. The van der Waals surface area contributed by atoms with Crippen LogP contribution < -0.4 is 14.9 Å². The third-order valence-electron chi connectivity index (χ3n) is 6.19. The van der Waals surface area contributed by atoms with Crippen LogP contribution in [0.5, 0.6) is 11.5 Å². The van der Waals surface area contributed by atoms with Gasteiger partial charge in [-0.25, -0.2) is 14.6 Å². The van der Waals surface area contributed by atoms with Crippen LogP contribution >= 0.6 is 0 Å². The number of aryl methyl sites for hydroxylation is 1. The van der Waals surface area contributed by atoms with Crippen molar-refractivity contribution >= 4 is 29.0 Å². The van der Waals surface area contributed by atoms with E-state index in [0.29, 0.717) is 39.9 Å². The summed E-state index contributed by atoms with van der Waals surface area (Å²) in [6.07, 6.45) is 1.45. The van der Waals surface area contributed by atoms with E-state index in [1.807, 2.05) is 56.3 Å². The van der Waals surface area contributed by atoms with E-state index in [0.717, 1.165) is 11.1 Å². The van der Waals surface area contributed by atoms with Gasteiger partial charge in [-0.1, -0.05) is 48.0 Å². The molecular weight excluding hydrogens is 509 g/mol. The largest absolute Gasteiger partial charge is 0.490 e. The van der Waals surface area contributed by atoms with Crippen molar-refractivity contribution in [3.05, 3.63) is 119 Å². The maximum absolute atomic E-state index is 14.0. The number of nitrogens with one attached hydrogen (secondary N) is 2. The molecule has 0 radical (unpaired) electrons. The van der Waals surface area contributed by atoms with Gasteiger partial charge in [-0.05, 0) is 73.5 Å². The summed E-state index contributed by atoms with van der Waals surface area (Å²) in [6.45, 7) is 4.12. The smallest absolute Gasteiger partial charge is 0.343 e.